The molecule has 4 rings (SSSR count). The fourth-order valence-corrected chi connectivity index (χ4v) is 5.55. The first-order chi connectivity index (χ1) is 13.4. The zero-order chi connectivity index (χ0) is 19.9. The minimum atomic E-state index is -3.79. The van der Waals surface area contributed by atoms with Gasteiger partial charge in [-0.05, 0) is 55.2 Å². The number of pyridine rings is 1. The monoisotopic (exact) mass is 434 g/mol. The van der Waals surface area contributed by atoms with Crippen LogP contribution in [0, 0.1) is 5.92 Å². The van der Waals surface area contributed by atoms with Crippen LogP contribution in [0.4, 0.5) is 5.69 Å². The summed E-state index contributed by atoms with van der Waals surface area (Å²) >= 11 is 12.3. The van der Waals surface area contributed by atoms with Crippen molar-refractivity contribution in [3.63, 3.8) is 0 Å². The average Bonchev–Trinajstić information content (AvgIpc) is 2.68. The summed E-state index contributed by atoms with van der Waals surface area (Å²) in [5, 5.41) is 1.69. The van der Waals surface area contributed by atoms with Crippen molar-refractivity contribution in [2.24, 2.45) is 5.92 Å². The third-order valence-electron chi connectivity index (χ3n) is 5.26. The molecule has 2 heterocycles. The van der Waals surface area contributed by atoms with Gasteiger partial charge in [0, 0.05) is 34.7 Å². The molecular weight excluding hydrogens is 415 g/mol. The second-order valence-electron chi connectivity index (χ2n) is 7.26. The summed E-state index contributed by atoms with van der Waals surface area (Å²) < 4.78 is 27.0. The largest absolute Gasteiger partial charge is 0.370 e. The van der Waals surface area contributed by atoms with Crippen LogP contribution in [0.15, 0.2) is 58.5 Å². The molecule has 0 saturated carbocycles. The number of sulfone groups is 1. The van der Waals surface area contributed by atoms with Gasteiger partial charge in [-0.3, -0.25) is 4.98 Å². The lowest BCUT2D eigenvalue weighted by Crippen LogP contribution is -2.34. The van der Waals surface area contributed by atoms with E-state index in [0.717, 1.165) is 36.8 Å². The van der Waals surface area contributed by atoms with Crippen LogP contribution >= 0.6 is 23.2 Å². The van der Waals surface area contributed by atoms with Crippen molar-refractivity contribution >= 4 is 49.6 Å². The van der Waals surface area contributed by atoms with E-state index in [1.807, 2.05) is 6.07 Å². The number of hydrogen-bond donors (Lipinski definition) is 0. The summed E-state index contributed by atoms with van der Waals surface area (Å²) in [6.45, 7) is 3.82. The molecular formula is C21H20Cl2N2O2S. The number of nitrogens with zero attached hydrogens (tertiary/aromatic N) is 2. The lowest BCUT2D eigenvalue weighted by molar-refractivity contribution is 0.437. The number of piperidine rings is 1. The van der Waals surface area contributed by atoms with E-state index in [-0.39, 0.29) is 9.79 Å². The van der Waals surface area contributed by atoms with Gasteiger partial charge in [-0.1, -0.05) is 36.2 Å². The van der Waals surface area contributed by atoms with Crippen molar-refractivity contribution in [2.45, 2.75) is 29.6 Å². The third-order valence-corrected chi connectivity index (χ3v) is 7.49. The Morgan fingerprint density at radius 1 is 1.04 bits per heavy atom. The predicted molar refractivity (Wildman–Crippen MR) is 114 cm³/mol. The van der Waals surface area contributed by atoms with Gasteiger partial charge in [0.25, 0.3) is 0 Å². The lowest BCUT2D eigenvalue weighted by Gasteiger charge is -2.34. The van der Waals surface area contributed by atoms with E-state index in [0.29, 0.717) is 21.7 Å². The molecule has 28 heavy (non-hydrogen) atoms. The van der Waals surface area contributed by atoms with E-state index in [1.54, 1.807) is 30.3 Å². The van der Waals surface area contributed by atoms with Gasteiger partial charge in [-0.2, -0.15) is 0 Å². The number of aromatic nitrogens is 1. The van der Waals surface area contributed by atoms with Crippen LogP contribution in [-0.4, -0.2) is 26.5 Å². The minimum absolute atomic E-state index is 0.162. The molecule has 0 aliphatic carbocycles. The molecule has 0 spiro atoms. The van der Waals surface area contributed by atoms with Gasteiger partial charge >= 0.3 is 0 Å². The summed E-state index contributed by atoms with van der Waals surface area (Å²) in [5.74, 6) is 0.626. The highest BCUT2D eigenvalue weighted by Gasteiger charge is 2.28. The Morgan fingerprint density at radius 3 is 2.46 bits per heavy atom. The molecule has 1 aromatic heterocycles. The SMILES string of the molecule is CC1CCN(c2c(S(=O)(=O)c3cccc(Cl)c3)cnc3ccc(Cl)cc23)CC1. The van der Waals surface area contributed by atoms with Crippen molar-refractivity contribution in [3.8, 4) is 0 Å². The Hall–Kier alpha value is -1.82. The van der Waals surface area contributed by atoms with E-state index < -0.39 is 9.84 Å². The molecule has 4 nitrogen and oxygen atoms in total. The Morgan fingerprint density at radius 2 is 1.75 bits per heavy atom. The first kappa shape index (κ1) is 19.5. The van der Waals surface area contributed by atoms with Gasteiger partial charge in [-0.25, -0.2) is 8.42 Å². The number of anilines is 1. The van der Waals surface area contributed by atoms with Crippen LogP contribution in [-0.2, 0) is 9.84 Å². The fourth-order valence-electron chi connectivity index (χ4n) is 3.65. The maximum Gasteiger partial charge on any atom is 0.210 e. The maximum atomic E-state index is 13.5. The van der Waals surface area contributed by atoms with Crippen LogP contribution < -0.4 is 4.90 Å². The number of hydrogen-bond acceptors (Lipinski definition) is 4. The van der Waals surface area contributed by atoms with Crippen molar-refractivity contribution in [1.29, 1.82) is 0 Å². The highest BCUT2D eigenvalue weighted by Crippen LogP contribution is 2.38. The molecule has 0 radical (unpaired) electrons. The van der Waals surface area contributed by atoms with Crippen molar-refractivity contribution < 1.29 is 8.42 Å². The van der Waals surface area contributed by atoms with E-state index in [9.17, 15) is 8.42 Å². The normalized spacial score (nSPS) is 15.9. The zero-order valence-electron chi connectivity index (χ0n) is 15.4. The van der Waals surface area contributed by atoms with Gasteiger partial charge < -0.3 is 4.90 Å². The molecule has 2 aromatic carbocycles. The molecule has 1 fully saturated rings. The molecule has 0 N–H and O–H groups in total. The van der Waals surface area contributed by atoms with Gasteiger partial charge in [0.1, 0.15) is 4.90 Å². The summed E-state index contributed by atoms with van der Waals surface area (Å²) in [7, 11) is -3.79. The van der Waals surface area contributed by atoms with Crippen LogP contribution in [0.3, 0.4) is 0 Å². The van der Waals surface area contributed by atoms with Crippen LogP contribution in [0.1, 0.15) is 19.8 Å². The van der Waals surface area contributed by atoms with E-state index in [2.05, 4.69) is 16.8 Å². The molecule has 7 heteroatoms. The van der Waals surface area contributed by atoms with Crippen molar-refractivity contribution in [3.05, 3.63) is 58.7 Å². The Kier molecular flexibility index (Phi) is 5.25. The third kappa shape index (κ3) is 3.59. The molecule has 1 aliphatic rings. The highest BCUT2D eigenvalue weighted by molar-refractivity contribution is 7.91. The first-order valence-corrected chi connectivity index (χ1v) is 11.4. The Balaban J connectivity index is 1.96. The number of halogens is 2. The van der Waals surface area contributed by atoms with E-state index in [4.69, 9.17) is 23.2 Å². The summed E-state index contributed by atoms with van der Waals surface area (Å²) in [5.41, 5.74) is 1.41. The second-order valence-corrected chi connectivity index (χ2v) is 10.1. The summed E-state index contributed by atoms with van der Waals surface area (Å²) in [6, 6.07) is 11.7. The lowest BCUT2D eigenvalue weighted by atomic mass is 9.98. The maximum absolute atomic E-state index is 13.5. The number of fused-ring (bicyclic) bond motifs is 1. The van der Waals surface area contributed by atoms with Gasteiger partial charge in [0.2, 0.25) is 9.84 Å². The smallest absolute Gasteiger partial charge is 0.210 e. The predicted octanol–water partition coefficient (Wildman–Crippen LogP) is 5.61. The molecule has 0 bridgehead atoms. The van der Waals surface area contributed by atoms with Crippen molar-refractivity contribution in [2.75, 3.05) is 18.0 Å². The highest BCUT2D eigenvalue weighted by atomic mass is 35.5. The first-order valence-electron chi connectivity index (χ1n) is 9.20. The zero-order valence-corrected chi connectivity index (χ0v) is 17.7. The molecule has 0 unspecified atom stereocenters. The van der Waals surface area contributed by atoms with E-state index in [1.165, 1.54) is 12.3 Å². The van der Waals surface area contributed by atoms with Gasteiger partial charge in [0.05, 0.1) is 16.1 Å². The average molecular weight is 435 g/mol. The molecule has 0 amide bonds. The standard InChI is InChI=1S/C21H20Cl2N2O2S/c1-14-7-9-25(10-8-14)21-18-12-16(23)5-6-19(18)24-13-20(21)28(26,27)17-4-2-3-15(22)11-17/h2-6,11-14H,7-10H2,1H3. The Labute approximate surface area is 175 Å². The molecule has 3 aromatic rings. The van der Waals surface area contributed by atoms with Crippen molar-refractivity contribution in [1.82, 2.24) is 4.98 Å². The van der Waals surface area contributed by atoms with Crippen LogP contribution in [0.2, 0.25) is 10.0 Å². The minimum Gasteiger partial charge on any atom is -0.370 e. The quantitative estimate of drug-likeness (QED) is 0.537. The van der Waals surface area contributed by atoms with Crippen LogP contribution in [0.25, 0.3) is 10.9 Å². The fraction of sp³-hybridized carbons (Fsp3) is 0.286. The second kappa shape index (κ2) is 7.54. The molecule has 1 aliphatic heterocycles. The van der Waals surface area contributed by atoms with E-state index >= 15 is 0 Å². The van der Waals surface area contributed by atoms with Gasteiger partial charge in [0.15, 0.2) is 0 Å². The number of benzene rings is 2. The summed E-state index contributed by atoms with van der Waals surface area (Å²) in [6.07, 6.45) is 3.49. The summed E-state index contributed by atoms with van der Waals surface area (Å²) in [4.78, 5) is 6.92. The Bertz CT molecular complexity index is 1140. The van der Waals surface area contributed by atoms with Crippen LogP contribution in [0.5, 0.6) is 0 Å². The molecule has 0 atom stereocenters. The molecule has 146 valence electrons. The molecule has 1 saturated heterocycles. The number of rotatable bonds is 3. The topological polar surface area (TPSA) is 50.3 Å². The van der Waals surface area contributed by atoms with Gasteiger partial charge in [-0.15, -0.1) is 0 Å².